The monoisotopic (exact) mass is 480 g/mol. The third-order valence-corrected chi connectivity index (χ3v) is 7.46. The van der Waals surface area contributed by atoms with Crippen LogP contribution in [0.25, 0.3) is 0 Å². The molecule has 2 aromatic rings. The predicted molar refractivity (Wildman–Crippen MR) is 132 cm³/mol. The number of nitrogens with zero attached hydrogens (tertiary/aromatic N) is 3. The Morgan fingerprint density at radius 2 is 1.97 bits per heavy atom. The van der Waals surface area contributed by atoms with Crippen molar-refractivity contribution in [2.24, 2.45) is 0 Å². The molecule has 0 radical (unpaired) electrons. The van der Waals surface area contributed by atoms with Crippen LogP contribution in [0.15, 0.2) is 24.3 Å². The number of rotatable bonds is 9. The van der Waals surface area contributed by atoms with Gasteiger partial charge in [0.05, 0.1) is 17.7 Å². The van der Waals surface area contributed by atoms with E-state index in [0.29, 0.717) is 26.1 Å². The van der Waals surface area contributed by atoms with Crippen LogP contribution in [0.5, 0.6) is 0 Å². The molecule has 0 spiro atoms. The maximum atomic E-state index is 13.8. The summed E-state index contributed by atoms with van der Waals surface area (Å²) in [6.07, 6.45) is 5.96. The molecule has 1 aromatic carbocycles. The maximum Gasteiger partial charge on any atom is 0.240 e. The summed E-state index contributed by atoms with van der Waals surface area (Å²) in [5, 5.41) is 7.67. The normalized spacial score (nSPS) is 20.1. The van der Waals surface area contributed by atoms with Crippen LogP contribution in [-0.4, -0.2) is 65.0 Å². The number of nitrogens with one attached hydrogen (secondary N) is 1. The topological polar surface area (TPSA) is 95.6 Å². The summed E-state index contributed by atoms with van der Waals surface area (Å²) in [6.45, 7) is 3.07. The zero-order valence-electron chi connectivity index (χ0n) is 21.1. The van der Waals surface area contributed by atoms with Crippen molar-refractivity contribution in [1.82, 2.24) is 20.0 Å². The molecule has 1 aromatic heterocycles. The average Bonchev–Trinajstić information content (AvgIpc) is 3.20. The van der Waals surface area contributed by atoms with Gasteiger partial charge in [-0.2, -0.15) is 5.10 Å². The molecule has 1 atom stereocenters. The van der Waals surface area contributed by atoms with E-state index in [1.165, 1.54) is 22.6 Å². The van der Waals surface area contributed by atoms with Crippen LogP contribution in [0, 0.1) is 6.92 Å². The largest absolute Gasteiger partial charge is 0.385 e. The van der Waals surface area contributed by atoms with E-state index >= 15 is 0 Å². The molecular formula is C27H36N4O4. The van der Waals surface area contributed by atoms with Crippen molar-refractivity contribution in [2.75, 3.05) is 27.3 Å². The fourth-order valence-electron chi connectivity index (χ4n) is 5.51. The number of aryl methyl sites for hydroxylation is 2. The molecule has 2 aliphatic rings. The highest BCUT2D eigenvalue weighted by molar-refractivity contribution is 6.10. The number of carbonyl (C=O) groups is 3. The first-order valence-electron chi connectivity index (χ1n) is 12.6. The number of fused-ring (bicyclic) bond motifs is 1. The summed E-state index contributed by atoms with van der Waals surface area (Å²) in [4.78, 5) is 43.3. The lowest BCUT2D eigenvalue weighted by Crippen LogP contribution is -2.43. The predicted octanol–water partition coefficient (Wildman–Crippen LogP) is 3.07. The lowest BCUT2D eigenvalue weighted by atomic mass is 9.74. The van der Waals surface area contributed by atoms with Crippen LogP contribution in [0.3, 0.4) is 0 Å². The van der Waals surface area contributed by atoms with Crippen molar-refractivity contribution in [1.29, 1.82) is 0 Å². The Kier molecular flexibility index (Phi) is 7.69. The Bertz CT molecular complexity index is 1090. The Morgan fingerprint density at radius 3 is 2.74 bits per heavy atom. The average molecular weight is 481 g/mol. The SMILES string of the molecule is COCCCN1C(=O)C[C@@](CC(=O)N(C)Cc2n[nH]c3c2CCCCC3)(c2ccccc2C)C1=O. The van der Waals surface area contributed by atoms with Crippen LogP contribution in [0.2, 0.25) is 0 Å². The van der Waals surface area contributed by atoms with E-state index in [2.05, 4.69) is 10.2 Å². The second-order valence-electron chi connectivity index (χ2n) is 9.89. The van der Waals surface area contributed by atoms with E-state index < -0.39 is 5.41 Å². The number of aromatic amines is 1. The van der Waals surface area contributed by atoms with Gasteiger partial charge in [-0.15, -0.1) is 0 Å². The molecule has 188 valence electrons. The smallest absolute Gasteiger partial charge is 0.240 e. The van der Waals surface area contributed by atoms with Gasteiger partial charge in [0.15, 0.2) is 0 Å². The highest BCUT2D eigenvalue weighted by Crippen LogP contribution is 2.42. The molecule has 3 amide bonds. The number of benzene rings is 1. The van der Waals surface area contributed by atoms with Gasteiger partial charge in [0.1, 0.15) is 0 Å². The summed E-state index contributed by atoms with van der Waals surface area (Å²) < 4.78 is 5.10. The van der Waals surface area contributed by atoms with Crippen molar-refractivity contribution in [2.45, 2.75) is 70.3 Å². The molecule has 8 nitrogen and oxygen atoms in total. The summed E-state index contributed by atoms with van der Waals surface area (Å²) in [5.41, 5.74) is 3.77. The van der Waals surface area contributed by atoms with Crippen molar-refractivity contribution in [3.63, 3.8) is 0 Å². The van der Waals surface area contributed by atoms with E-state index in [9.17, 15) is 14.4 Å². The highest BCUT2D eigenvalue weighted by Gasteiger charge is 2.54. The minimum absolute atomic E-state index is 0.00104. The van der Waals surface area contributed by atoms with Gasteiger partial charge in [0.25, 0.3) is 0 Å². The molecule has 1 aliphatic carbocycles. The van der Waals surface area contributed by atoms with Crippen LogP contribution < -0.4 is 0 Å². The first-order valence-corrected chi connectivity index (χ1v) is 12.6. The van der Waals surface area contributed by atoms with Crippen LogP contribution in [0.1, 0.15) is 66.6 Å². The third kappa shape index (κ3) is 5.03. The fraction of sp³-hybridized carbons (Fsp3) is 0.556. The second-order valence-corrected chi connectivity index (χ2v) is 9.89. The van der Waals surface area contributed by atoms with Gasteiger partial charge in [0.2, 0.25) is 17.7 Å². The minimum atomic E-state index is -1.19. The van der Waals surface area contributed by atoms with E-state index in [1.54, 1.807) is 19.1 Å². The number of methoxy groups -OCH3 is 1. The summed E-state index contributed by atoms with van der Waals surface area (Å²) in [5.74, 6) is -0.691. The molecule has 4 rings (SSSR count). The number of likely N-dealkylation sites (tertiary alicyclic amines) is 1. The van der Waals surface area contributed by atoms with E-state index in [-0.39, 0.29) is 30.6 Å². The van der Waals surface area contributed by atoms with Gasteiger partial charge in [0, 0.05) is 45.8 Å². The quantitative estimate of drug-likeness (QED) is 0.338. The number of H-pyrrole nitrogens is 1. The molecule has 1 fully saturated rings. The summed E-state index contributed by atoms with van der Waals surface area (Å²) >= 11 is 0. The van der Waals surface area contributed by atoms with E-state index in [0.717, 1.165) is 42.5 Å². The van der Waals surface area contributed by atoms with Gasteiger partial charge < -0.3 is 9.64 Å². The van der Waals surface area contributed by atoms with Gasteiger partial charge in [-0.3, -0.25) is 24.4 Å². The Hall–Kier alpha value is -3.00. The first kappa shape index (κ1) is 25.1. The minimum Gasteiger partial charge on any atom is -0.385 e. The standard InChI is InChI=1S/C27H36N4O4/c1-19-10-7-8-12-21(19)27(17-25(33)31(26(27)34)14-9-15-35-3)16-24(32)30(2)18-23-20-11-5-4-6-13-22(20)28-29-23/h7-8,10,12H,4-6,9,11,13-18H2,1-3H3,(H,28,29)/t27-/m0/s1. The number of aromatic nitrogens is 2. The maximum absolute atomic E-state index is 13.8. The number of ether oxygens (including phenoxy) is 1. The Labute approximate surface area is 207 Å². The van der Waals surface area contributed by atoms with Crippen molar-refractivity contribution >= 4 is 17.7 Å². The van der Waals surface area contributed by atoms with Crippen molar-refractivity contribution in [3.8, 4) is 0 Å². The van der Waals surface area contributed by atoms with Gasteiger partial charge >= 0.3 is 0 Å². The summed E-state index contributed by atoms with van der Waals surface area (Å²) in [6, 6.07) is 7.57. The lowest BCUT2D eigenvalue weighted by molar-refractivity contribution is -0.142. The number of carbonyl (C=O) groups excluding carboxylic acids is 3. The van der Waals surface area contributed by atoms with E-state index in [4.69, 9.17) is 4.74 Å². The Balaban J connectivity index is 1.58. The molecule has 0 bridgehead atoms. The Morgan fingerprint density at radius 1 is 1.20 bits per heavy atom. The fourth-order valence-corrected chi connectivity index (χ4v) is 5.51. The van der Waals surface area contributed by atoms with Crippen LogP contribution in [0.4, 0.5) is 0 Å². The molecule has 8 heteroatoms. The number of amides is 3. The highest BCUT2D eigenvalue weighted by atomic mass is 16.5. The number of hydrogen-bond acceptors (Lipinski definition) is 5. The molecule has 1 N–H and O–H groups in total. The van der Waals surface area contributed by atoms with Gasteiger partial charge in [-0.1, -0.05) is 30.7 Å². The zero-order valence-corrected chi connectivity index (χ0v) is 21.1. The van der Waals surface area contributed by atoms with Crippen LogP contribution >= 0.6 is 0 Å². The number of imide groups is 1. The van der Waals surface area contributed by atoms with Crippen molar-refractivity contribution < 1.29 is 19.1 Å². The van der Waals surface area contributed by atoms with Gasteiger partial charge in [-0.25, -0.2) is 0 Å². The molecule has 0 unspecified atom stereocenters. The molecule has 35 heavy (non-hydrogen) atoms. The molecular weight excluding hydrogens is 444 g/mol. The van der Waals surface area contributed by atoms with E-state index in [1.807, 2.05) is 31.2 Å². The molecule has 0 saturated carbocycles. The second kappa shape index (κ2) is 10.7. The lowest BCUT2D eigenvalue weighted by Gasteiger charge is -2.30. The third-order valence-electron chi connectivity index (χ3n) is 7.46. The molecule has 2 heterocycles. The zero-order chi connectivity index (χ0) is 25.0. The summed E-state index contributed by atoms with van der Waals surface area (Å²) in [7, 11) is 3.35. The van der Waals surface area contributed by atoms with Crippen LogP contribution in [-0.2, 0) is 43.9 Å². The molecule has 1 saturated heterocycles. The van der Waals surface area contributed by atoms with Gasteiger partial charge in [-0.05, 0) is 55.7 Å². The number of hydrogen-bond donors (Lipinski definition) is 1. The first-order chi connectivity index (χ1) is 16.9. The van der Waals surface area contributed by atoms with Crippen molar-refractivity contribution in [3.05, 3.63) is 52.3 Å². The molecule has 1 aliphatic heterocycles.